The van der Waals surface area contributed by atoms with Crippen LogP contribution >= 0.6 is 0 Å². The first-order valence-corrected chi connectivity index (χ1v) is 7.60. The largest absolute Gasteiger partial charge is 0.299 e. The van der Waals surface area contributed by atoms with E-state index in [-0.39, 0.29) is 6.54 Å². The number of anilines is 1. The summed E-state index contributed by atoms with van der Waals surface area (Å²) in [5.74, 6) is -0.990. The summed E-state index contributed by atoms with van der Waals surface area (Å²) >= 11 is 0. The van der Waals surface area contributed by atoms with Gasteiger partial charge in [0.1, 0.15) is 5.69 Å². The highest BCUT2D eigenvalue weighted by Gasteiger charge is 2.35. The van der Waals surface area contributed by atoms with Crippen molar-refractivity contribution >= 4 is 17.4 Å². The molecule has 1 amide bonds. The second kappa shape index (κ2) is 5.73. The monoisotopic (exact) mass is 318 g/mol. The predicted octanol–water partition coefficient (Wildman–Crippen LogP) is 2.06. The first-order chi connectivity index (χ1) is 11.7. The van der Waals surface area contributed by atoms with Gasteiger partial charge in [-0.3, -0.25) is 14.5 Å². The van der Waals surface area contributed by atoms with E-state index in [4.69, 9.17) is 0 Å². The van der Waals surface area contributed by atoms with E-state index in [0.717, 1.165) is 5.56 Å². The Morgan fingerprint density at radius 1 is 0.875 bits per heavy atom. The molecule has 0 radical (unpaired) electrons. The van der Waals surface area contributed by atoms with Gasteiger partial charge in [-0.1, -0.05) is 47.7 Å². The molecule has 0 bridgehead atoms. The number of nitrogens with zero attached hydrogens (tertiary/aromatic N) is 4. The molecule has 2 aromatic carbocycles. The van der Waals surface area contributed by atoms with E-state index in [2.05, 4.69) is 10.3 Å². The summed E-state index contributed by atoms with van der Waals surface area (Å²) in [4.78, 5) is 25.6. The smallest absolute Gasteiger partial charge is 0.299 e. The number of carbonyl (C=O) groups excluding carboxylic acids is 2. The van der Waals surface area contributed by atoms with Gasteiger partial charge < -0.3 is 0 Å². The Bertz CT molecular complexity index is 918. The van der Waals surface area contributed by atoms with Gasteiger partial charge in [0.15, 0.2) is 0 Å². The highest BCUT2D eigenvalue weighted by atomic mass is 16.2. The van der Waals surface area contributed by atoms with E-state index < -0.39 is 11.7 Å². The SMILES string of the molecule is O=C1C(=O)N(Cc2cn(Cc3ccccc3)nn2)c2ccccc21. The molecule has 0 unspecified atom stereocenters. The third-order valence-corrected chi connectivity index (χ3v) is 3.97. The van der Waals surface area contributed by atoms with Crippen molar-refractivity contribution in [2.75, 3.05) is 4.90 Å². The van der Waals surface area contributed by atoms with Crippen LogP contribution in [0.25, 0.3) is 0 Å². The zero-order chi connectivity index (χ0) is 16.5. The number of hydrogen-bond acceptors (Lipinski definition) is 4. The van der Waals surface area contributed by atoms with Crippen LogP contribution in [0.1, 0.15) is 21.6 Å². The number of para-hydroxylation sites is 1. The fraction of sp³-hybridized carbons (Fsp3) is 0.111. The molecular weight excluding hydrogens is 304 g/mol. The number of hydrogen-bond donors (Lipinski definition) is 0. The minimum Gasteiger partial charge on any atom is -0.299 e. The zero-order valence-corrected chi connectivity index (χ0v) is 12.8. The van der Waals surface area contributed by atoms with E-state index >= 15 is 0 Å². The Hall–Kier alpha value is -3.28. The fourth-order valence-electron chi connectivity index (χ4n) is 2.83. The molecular formula is C18H14N4O2. The van der Waals surface area contributed by atoms with Gasteiger partial charge in [0.25, 0.3) is 11.7 Å². The van der Waals surface area contributed by atoms with Crippen LogP contribution in [0.4, 0.5) is 5.69 Å². The first kappa shape index (κ1) is 14.3. The Morgan fingerprint density at radius 3 is 2.46 bits per heavy atom. The molecule has 6 heteroatoms. The van der Waals surface area contributed by atoms with Crippen molar-refractivity contribution in [1.82, 2.24) is 15.0 Å². The average molecular weight is 318 g/mol. The number of amides is 1. The Kier molecular flexibility index (Phi) is 3.42. The number of benzene rings is 2. The van der Waals surface area contributed by atoms with Crippen molar-refractivity contribution in [2.45, 2.75) is 13.1 Å². The standard InChI is InChI=1S/C18H14N4O2/c23-17-15-8-4-5-9-16(15)22(18(17)24)12-14-11-21(20-19-14)10-13-6-2-1-3-7-13/h1-9,11H,10,12H2. The lowest BCUT2D eigenvalue weighted by atomic mass is 10.1. The molecule has 0 fully saturated rings. The summed E-state index contributed by atoms with van der Waals surface area (Å²) in [6.45, 7) is 0.841. The van der Waals surface area contributed by atoms with Gasteiger partial charge in [-0.2, -0.15) is 0 Å². The molecule has 24 heavy (non-hydrogen) atoms. The fourth-order valence-corrected chi connectivity index (χ4v) is 2.83. The van der Waals surface area contributed by atoms with Crippen molar-refractivity contribution in [3.8, 4) is 0 Å². The molecule has 0 saturated heterocycles. The van der Waals surface area contributed by atoms with Crippen LogP contribution in [0.3, 0.4) is 0 Å². The minimum absolute atomic E-state index is 0.233. The molecule has 1 aliphatic rings. The average Bonchev–Trinajstić information content (AvgIpc) is 3.15. The molecule has 1 aliphatic heterocycles. The van der Waals surface area contributed by atoms with Crippen LogP contribution < -0.4 is 4.90 Å². The van der Waals surface area contributed by atoms with Crippen LogP contribution in [-0.4, -0.2) is 26.7 Å². The van der Waals surface area contributed by atoms with Gasteiger partial charge in [0.05, 0.1) is 30.5 Å². The highest BCUT2D eigenvalue weighted by Crippen LogP contribution is 2.29. The van der Waals surface area contributed by atoms with Gasteiger partial charge >= 0.3 is 0 Å². The molecule has 0 N–H and O–H groups in total. The maximum Gasteiger partial charge on any atom is 0.299 e. The Morgan fingerprint density at radius 2 is 1.62 bits per heavy atom. The van der Waals surface area contributed by atoms with Gasteiger partial charge in [-0.15, -0.1) is 5.10 Å². The van der Waals surface area contributed by atoms with Crippen molar-refractivity contribution in [1.29, 1.82) is 0 Å². The lowest BCUT2D eigenvalue weighted by Crippen LogP contribution is -2.29. The van der Waals surface area contributed by atoms with Crippen LogP contribution in [0, 0.1) is 0 Å². The summed E-state index contributed by atoms with van der Waals surface area (Å²) in [7, 11) is 0. The van der Waals surface area contributed by atoms with Crippen LogP contribution in [-0.2, 0) is 17.9 Å². The first-order valence-electron chi connectivity index (χ1n) is 7.60. The van der Waals surface area contributed by atoms with Gasteiger partial charge in [0.2, 0.25) is 0 Å². The van der Waals surface area contributed by atoms with Crippen LogP contribution in [0.5, 0.6) is 0 Å². The quantitative estimate of drug-likeness (QED) is 0.691. The molecule has 4 rings (SSSR count). The second-order valence-electron chi connectivity index (χ2n) is 5.63. The number of carbonyl (C=O) groups is 2. The molecule has 0 atom stereocenters. The number of ketones is 1. The zero-order valence-electron chi connectivity index (χ0n) is 12.8. The molecule has 3 aromatic rings. The molecule has 2 heterocycles. The second-order valence-corrected chi connectivity index (χ2v) is 5.63. The summed E-state index contributed by atoms with van der Waals surface area (Å²) in [6.07, 6.45) is 1.80. The van der Waals surface area contributed by atoms with E-state index in [9.17, 15) is 9.59 Å². The number of aromatic nitrogens is 3. The van der Waals surface area contributed by atoms with Crippen molar-refractivity contribution in [3.63, 3.8) is 0 Å². The molecule has 1 aromatic heterocycles. The summed E-state index contributed by atoms with van der Waals surface area (Å²) < 4.78 is 1.72. The summed E-state index contributed by atoms with van der Waals surface area (Å²) in [5, 5.41) is 8.21. The van der Waals surface area contributed by atoms with Crippen molar-refractivity contribution < 1.29 is 9.59 Å². The number of rotatable bonds is 4. The molecule has 0 spiro atoms. The van der Waals surface area contributed by atoms with E-state index in [1.54, 1.807) is 29.1 Å². The van der Waals surface area contributed by atoms with Crippen LogP contribution in [0.15, 0.2) is 60.8 Å². The maximum atomic E-state index is 12.2. The van der Waals surface area contributed by atoms with E-state index in [1.807, 2.05) is 36.4 Å². The van der Waals surface area contributed by atoms with Crippen LogP contribution in [0.2, 0.25) is 0 Å². The number of fused-ring (bicyclic) bond motifs is 1. The van der Waals surface area contributed by atoms with Gasteiger partial charge in [-0.05, 0) is 17.7 Å². The summed E-state index contributed by atoms with van der Waals surface area (Å²) in [5.41, 5.74) is 2.83. The van der Waals surface area contributed by atoms with E-state index in [0.29, 0.717) is 23.5 Å². The van der Waals surface area contributed by atoms with Crippen molar-refractivity contribution in [2.24, 2.45) is 0 Å². The van der Waals surface area contributed by atoms with Gasteiger partial charge in [-0.25, -0.2) is 4.68 Å². The topological polar surface area (TPSA) is 68.1 Å². The highest BCUT2D eigenvalue weighted by molar-refractivity contribution is 6.52. The van der Waals surface area contributed by atoms with Crippen molar-refractivity contribution in [3.05, 3.63) is 77.6 Å². The Labute approximate surface area is 138 Å². The maximum absolute atomic E-state index is 12.2. The van der Waals surface area contributed by atoms with E-state index in [1.165, 1.54) is 4.90 Å². The molecule has 0 saturated carbocycles. The lowest BCUT2D eigenvalue weighted by molar-refractivity contribution is -0.114. The molecule has 0 aliphatic carbocycles. The normalized spacial score (nSPS) is 13.4. The third kappa shape index (κ3) is 2.48. The summed E-state index contributed by atoms with van der Waals surface area (Å²) in [6, 6.07) is 16.9. The van der Waals surface area contributed by atoms with Gasteiger partial charge in [0, 0.05) is 0 Å². The minimum atomic E-state index is -0.520. The Balaban J connectivity index is 1.54. The molecule has 118 valence electrons. The third-order valence-electron chi connectivity index (χ3n) is 3.97. The predicted molar refractivity (Wildman–Crippen MR) is 87.5 cm³/mol. The lowest BCUT2D eigenvalue weighted by Gasteiger charge is -2.14. The molecule has 6 nitrogen and oxygen atoms in total. The number of Topliss-reactive ketones (excluding diaryl/α,β-unsaturated/α-hetero) is 1.